The molecule has 0 saturated carbocycles. The van der Waals surface area contributed by atoms with Crippen molar-refractivity contribution in [2.75, 3.05) is 10.6 Å². The number of halogens is 7. The Balaban J connectivity index is 1.65. The first kappa shape index (κ1) is 22.1. The lowest BCUT2D eigenvalue weighted by molar-refractivity contribution is -0.138. The molecule has 0 fully saturated rings. The summed E-state index contributed by atoms with van der Waals surface area (Å²) in [7, 11) is 0. The third kappa shape index (κ3) is 4.55. The molecule has 4 rings (SSSR count). The van der Waals surface area contributed by atoms with Gasteiger partial charge in [-0.25, -0.2) is 15.0 Å². The minimum atomic E-state index is -4.64. The molecule has 2 aromatic heterocycles. The average Bonchev–Trinajstić information content (AvgIpc) is 3.12. The summed E-state index contributed by atoms with van der Waals surface area (Å²) in [4.78, 5) is 12.7. The Morgan fingerprint density at radius 2 is 1.56 bits per heavy atom. The van der Waals surface area contributed by atoms with Crippen LogP contribution in [0.2, 0.25) is 5.02 Å². The summed E-state index contributed by atoms with van der Waals surface area (Å²) in [5.74, 6) is 0.175. The molecule has 4 aromatic rings. The van der Waals surface area contributed by atoms with E-state index in [4.69, 9.17) is 11.6 Å². The number of hydrogen-bond donors (Lipinski definition) is 2. The van der Waals surface area contributed by atoms with E-state index in [-0.39, 0.29) is 27.2 Å². The van der Waals surface area contributed by atoms with Crippen molar-refractivity contribution in [1.29, 1.82) is 0 Å². The second-order valence-electron chi connectivity index (χ2n) is 6.38. The predicted molar refractivity (Wildman–Crippen MR) is 110 cm³/mol. The van der Waals surface area contributed by atoms with E-state index in [0.29, 0.717) is 10.5 Å². The molecule has 0 saturated heterocycles. The smallest absolute Gasteiger partial charge is 0.338 e. The SMILES string of the molecule is FC(F)(F)c1ccc(Nc2ncnc3sc(Nc4c(Cl)cccc4C(F)(F)F)nc23)cc1. The fourth-order valence-corrected chi connectivity index (χ4v) is 3.81. The van der Waals surface area contributed by atoms with Crippen molar-refractivity contribution in [2.24, 2.45) is 0 Å². The van der Waals surface area contributed by atoms with Gasteiger partial charge in [0, 0.05) is 5.69 Å². The van der Waals surface area contributed by atoms with Crippen molar-refractivity contribution >= 4 is 55.6 Å². The summed E-state index contributed by atoms with van der Waals surface area (Å²) in [6.45, 7) is 0. The largest absolute Gasteiger partial charge is 0.418 e. The molecule has 0 unspecified atom stereocenters. The van der Waals surface area contributed by atoms with Crippen LogP contribution in [0.15, 0.2) is 48.8 Å². The van der Waals surface area contributed by atoms with Crippen LogP contribution < -0.4 is 10.6 Å². The van der Waals surface area contributed by atoms with Gasteiger partial charge in [0.25, 0.3) is 0 Å². The number of benzene rings is 2. The molecule has 0 radical (unpaired) electrons. The molecule has 0 aliphatic rings. The lowest BCUT2D eigenvalue weighted by Crippen LogP contribution is -2.09. The molecule has 0 aliphatic heterocycles. The Morgan fingerprint density at radius 3 is 2.22 bits per heavy atom. The number of para-hydroxylation sites is 1. The van der Waals surface area contributed by atoms with Gasteiger partial charge in [-0.1, -0.05) is 29.0 Å². The monoisotopic (exact) mass is 489 g/mol. The van der Waals surface area contributed by atoms with Gasteiger partial charge in [0.05, 0.1) is 21.8 Å². The van der Waals surface area contributed by atoms with Crippen LogP contribution in [-0.2, 0) is 12.4 Å². The summed E-state index contributed by atoms with van der Waals surface area (Å²) in [5, 5.41) is 5.36. The Morgan fingerprint density at radius 1 is 0.844 bits per heavy atom. The molecule has 2 heterocycles. The number of aromatic nitrogens is 3. The molecule has 32 heavy (non-hydrogen) atoms. The van der Waals surface area contributed by atoms with Gasteiger partial charge in [0.15, 0.2) is 15.8 Å². The minimum Gasteiger partial charge on any atom is -0.338 e. The number of alkyl halides is 6. The summed E-state index contributed by atoms with van der Waals surface area (Å²) >= 11 is 6.92. The minimum absolute atomic E-state index is 0.0783. The number of nitrogens with one attached hydrogen (secondary N) is 2. The molecule has 0 bridgehead atoms. The van der Waals surface area contributed by atoms with E-state index in [1.165, 1.54) is 30.6 Å². The number of fused-ring (bicyclic) bond motifs is 1. The van der Waals surface area contributed by atoms with E-state index in [0.717, 1.165) is 29.5 Å². The van der Waals surface area contributed by atoms with Gasteiger partial charge in [-0.15, -0.1) is 0 Å². The molecule has 13 heteroatoms. The first-order chi connectivity index (χ1) is 15.0. The molecular weight excluding hydrogens is 480 g/mol. The van der Waals surface area contributed by atoms with Gasteiger partial charge in [0.1, 0.15) is 11.8 Å². The Bertz CT molecular complexity index is 1270. The van der Waals surface area contributed by atoms with Crippen molar-refractivity contribution in [3.05, 3.63) is 64.9 Å². The maximum absolute atomic E-state index is 13.3. The van der Waals surface area contributed by atoms with Crippen LogP contribution in [-0.4, -0.2) is 15.0 Å². The van der Waals surface area contributed by atoms with E-state index < -0.39 is 23.5 Å². The standard InChI is InChI=1S/C19H10ClF6N5S/c20-12-3-1-2-11(19(24,25)26)13(12)30-17-31-14-15(27-8-28-16(14)32-17)29-10-6-4-9(5-7-10)18(21,22)23/h1-8H,(H,30,31)(H,27,28,29). The third-order valence-electron chi connectivity index (χ3n) is 4.22. The zero-order valence-corrected chi connectivity index (χ0v) is 17.1. The van der Waals surface area contributed by atoms with Crippen LogP contribution in [0.3, 0.4) is 0 Å². The first-order valence-corrected chi connectivity index (χ1v) is 9.90. The Kier molecular flexibility index (Phi) is 5.59. The van der Waals surface area contributed by atoms with Crippen molar-refractivity contribution < 1.29 is 26.3 Å². The van der Waals surface area contributed by atoms with Crippen molar-refractivity contribution in [1.82, 2.24) is 15.0 Å². The van der Waals surface area contributed by atoms with Crippen LogP contribution in [0.4, 0.5) is 48.7 Å². The highest BCUT2D eigenvalue weighted by atomic mass is 35.5. The average molecular weight is 490 g/mol. The summed E-state index contributed by atoms with van der Waals surface area (Å²) in [6, 6.07) is 7.65. The second kappa shape index (κ2) is 8.10. The van der Waals surface area contributed by atoms with Crippen molar-refractivity contribution in [3.8, 4) is 0 Å². The molecule has 0 amide bonds. The number of nitrogens with zero attached hydrogens (tertiary/aromatic N) is 3. The fourth-order valence-electron chi connectivity index (χ4n) is 2.77. The van der Waals surface area contributed by atoms with Gasteiger partial charge < -0.3 is 10.6 Å². The fraction of sp³-hybridized carbons (Fsp3) is 0.105. The number of thiazole rings is 1. The lowest BCUT2D eigenvalue weighted by atomic mass is 10.1. The summed E-state index contributed by atoms with van der Waals surface area (Å²) < 4.78 is 78.2. The lowest BCUT2D eigenvalue weighted by Gasteiger charge is -2.14. The van der Waals surface area contributed by atoms with Crippen LogP contribution in [0, 0.1) is 0 Å². The molecule has 2 aromatic carbocycles. The van der Waals surface area contributed by atoms with Gasteiger partial charge in [-0.2, -0.15) is 26.3 Å². The highest BCUT2D eigenvalue weighted by Gasteiger charge is 2.34. The van der Waals surface area contributed by atoms with Crippen LogP contribution >= 0.6 is 22.9 Å². The Hall–Kier alpha value is -3.12. The number of hydrogen-bond acceptors (Lipinski definition) is 6. The maximum Gasteiger partial charge on any atom is 0.418 e. The zero-order chi connectivity index (χ0) is 23.1. The van der Waals surface area contributed by atoms with E-state index in [1.54, 1.807) is 0 Å². The highest BCUT2D eigenvalue weighted by Crippen LogP contribution is 2.41. The molecule has 0 atom stereocenters. The van der Waals surface area contributed by atoms with E-state index in [9.17, 15) is 26.3 Å². The van der Waals surface area contributed by atoms with E-state index >= 15 is 0 Å². The first-order valence-electron chi connectivity index (χ1n) is 8.71. The van der Waals surface area contributed by atoms with Gasteiger partial charge >= 0.3 is 12.4 Å². The van der Waals surface area contributed by atoms with Crippen molar-refractivity contribution in [3.63, 3.8) is 0 Å². The van der Waals surface area contributed by atoms with Gasteiger partial charge in [-0.3, -0.25) is 0 Å². The highest BCUT2D eigenvalue weighted by molar-refractivity contribution is 7.21. The van der Waals surface area contributed by atoms with Crippen LogP contribution in [0.5, 0.6) is 0 Å². The summed E-state index contributed by atoms with van der Waals surface area (Å²) in [6.07, 6.45) is -7.91. The second-order valence-corrected chi connectivity index (χ2v) is 7.77. The molecule has 166 valence electrons. The van der Waals surface area contributed by atoms with Crippen LogP contribution in [0.25, 0.3) is 10.3 Å². The quantitative estimate of drug-likeness (QED) is 0.295. The normalized spacial score (nSPS) is 12.2. The Labute approximate surface area is 185 Å². The number of anilines is 4. The maximum atomic E-state index is 13.3. The van der Waals surface area contributed by atoms with Gasteiger partial charge in [-0.05, 0) is 36.4 Å². The molecule has 5 nitrogen and oxygen atoms in total. The topological polar surface area (TPSA) is 62.7 Å². The third-order valence-corrected chi connectivity index (χ3v) is 5.42. The molecular formula is C19H10ClF6N5S. The predicted octanol–water partition coefficient (Wildman–Crippen LogP) is 7.26. The molecule has 2 N–H and O–H groups in total. The number of rotatable bonds is 4. The molecule has 0 aliphatic carbocycles. The zero-order valence-electron chi connectivity index (χ0n) is 15.5. The van der Waals surface area contributed by atoms with Gasteiger partial charge in [0.2, 0.25) is 0 Å². The summed E-state index contributed by atoms with van der Waals surface area (Å²) in [5.41, 5.74) is -1.59. The van der Waals surface area contributed by atoms with Crippen molar-refractivity contribution in [2.45, 2.75) is 12.4 Å². The van der Waals surface area contributed by atoms with Crippen LogP contribution in [0.1, 0.15) is 11.1 Å². The van der Waals surface area contributed by atoms with E-state index in [2.05, 4.69) is 25.6 Å². The van der Waals surface area contributed by atoms with E-state index in [1.807, 2.05) is 0 Å². The molecule has 0 spiro atoms.